The van der Waals surface area contributed by atoms with E-state index in [0.717, 1.165) is 25.2 Å². The van der Waals surface area contributed by atoms with Crippen LogP contribution in [0.25, 0.3) is 11.7 Å². The van der Waals surface area contributed by atoms with Gasteiger partial charge in [0.05, 0.1) is 12.2 Å². The average Bonchev–Trinajstić information content (AvgIpc) is 2.90. The molecule has 1 fully saturated rings. The first-order chi connectivity index (χ1) is 17.4. The predicted octanol–water partition coefficient (Wildman–Crippen LogP) is 3.09. The Morgan fingerprint density at radius 3 is 2.53 bits per heavy atom. The molecule has 2 aromatic heterocycles. The van der Waals surface area contributed by atoms with E-state index in [4.69, 9.17) is 9.72 Å². The van der Waals surface area contributed by atoms with Crippen LogP contribution >= 0.6 is 0 Å². The molecule has 186 valence electrons. The number of ether oxygens (including phenoxy) is 1. The Bertz CT molecular complexity index is 1380. The summed E-state index contributed by atoms with van der Waals surface area (Å²) in [4.78, 5) is 35.8. The van der Waals surface area contributed by atoms with Gasteiger partial charge >= 0.3 is 0 Å². The molecule has 3 heterocycles. The fourth-order valence-corrected chi connectivity index (χ4v) is 4.24. The number of fused-ring (bicyclic) bond motifs is 1. The van der Waals surface area contributed by atoms with E-state index in [1.165, 1.54) is 10.5 Å². The zero-order chi connectivity index (χ0) is 25.7. The van der Waals surface area contributed by atoms with Crippen molar-refractivity contribution in [2.24, 2.45) is 0 Å². The molecule has 1 N–H and O–H groups in total. The molecular formula is C27H30N6O3. The number of nitriles is 1. The second kappa shape index (κ2) is 11.1. The summed E-state index contributed by atoms with van der Waals surface area (Å²) in [7, 11) is 0. The normalized spacial score (nSPS) is 14.5. The minimum absolute atomic E-state index is 0.177. The smallest absolute Gasteiger partial charge is 0.267 e. The van der Waals surface area contributed by atoms with Crippen LogP contribution in [0.3, 0.4) is 0 Å². The van der Waals surface area contributed by atoms with Gasteiger partial charge in [-0.05, 0) is 62.4 Å². The van der Waals surface area contributed by atoms with Crippen molar-refractivity contribution in [3.63, 3.8) is 0 Å². The lowest BCUT2D eigenvalue weighted by Crippen LogP contribution is -2.47. The maximum atomic E-state index is 13.6. The molecule has 0 aliphatic carbocycles. The third-order valence-electron chi connectivity index (χ3n) is 6.26. The van der Waals surface area contributed by atoms with Gasteiger partial charge in [-0.2, -0.15) is 5.26 Å². The lowest BCUT2D eigenvalue weighted by Gasteiger charge is -2.35. The third kappa shape index (κ3) is 5.24. The molecule has 0 unspecified atom stereocenters. The summed E-state index contributed by atoms with van der Waals surface area (Å²) in [5, 5.41) is 12.5. The largest absolute Gasteiger partial charge is 0.494 e. The molecule has 36 heavy (non-hydrogen) atoms. The number of piperazine rings is 1. The van der Waals surface area contributed by atoms with E-state index in [-0.39, 0.29) is 16.7 Å². The molecule has 9 nitrogen and oxygen atoms in total. The first kappa shape index (κ1) is 24.9. The van der Waals surface area contributed by atoms with Crippen LogP contribution in [-0.2, 0) is 4.79 Å². The van der Waals surface area contributed by atoms with Crippen LogP contribution in [0, 0.1) is 18.3 Å². The van der Waals surface area contributed by atoms with Crippen LogP contribution in [0.4, 0.5) is 11.5 Å². The maximum Gasteiger partial charge on any atom is 0.267 e. The van der Waals surface area contributed by atoms with Gasteiger partial charge in [-0.1, -0.05) is 13.0 Å². The summed E-state index contributed by atoms with van der Waals surface area (Å²) in [5.41, 5.74) is 1.67. The van der Waals surface area contributed by atoms with Crippen LogP contribution in [-0.4, -0.2) is 59.5 Å². The van der Waals surface area contributed by atoms with Gasteiger partial charge in [0.25, 0.3) is 11.5 Å². The van der Waals surface area contributed by atoms with Crippen molar-refractivity contribution in [1.29, 1.82) is 5.26 Å². The topological polar surface area (TPSA) is 103 Å². The molecule has 9 heteroatoms. The van der Waals surface area contributed by atoms with Gasteiger partial charge in [0, 0.05) is 38.1 Å². The summed E-state index contributed by atoms with van der Waals surface area (Å²) in [5.74, 6) is 0.578. The number of rotatable bonds is 7. The maximum absolute atomic E-state index is 13.6. The fourth-order valence-electron chi connectivity index (χ4n) is 4.24. The number of likely N-dealkylation sites (N-methyl/N-ethyl adjacent to an activating group) is 1. The lowest BCUT2D eigenvalue weighted by atomic mass is 10.1. The number of pyridine rings is 1. The summed E-state index contributed by atoms with van der Waals surface area (Å²) >= 11 is 0. The number of amides is 1. The van der Waals surface area contributed by atoms with Gasteiger partial charge in [-0.25, -0.2) is 4.98 Å². The monoisotopic (exact) mass is 486 g/mol. The van der Waals surface area contributed by atoms with Gasteiger partial charge < -0.3 is 19.9 Å². The van der Waals surface area contributed by atoms with Crippen molar-refractivity contribution >= 4 is 29.1 Å². The van der Waals surface area contributed by atoms with E-state index >= 15 is 0 Å². The van der Waals surface area contributed by atoms with Crippen LogP contribution in [0.2, 0.25) is 0 Å². The minimum Gasteiger partial charge on any atom is -0.494 e. The summed E-state index contributed by atoms with van der Waals surface area (Å²) < 4.78 is 6.89. The summed E-state index contributed by atoms with van der Waals surface area (Å²) in [6.07, 6.45) is 3.01. The Kier molecular flexibility index (Phi) is 7.66. The number of aromatic nitrogens is 2. The number of nitrogens with one attached hydrogen (secondary N) is 1. The van der Waals surface area contributed by atoms with Crippen molar-refractivity contribution in [2.45, 2.75) is 20.8 Å². The zero-order valence-corrected chi connectivity index (χ0v) is 20.8. The highest BCUT2D eigenvalue weighted by Crippen LogP contribution is 2.23. The molecule has 0 atom stereocenters. The van der Waals surface area contributed by atoms with E-state index in [2.05, 4.69) is 22.0 Å². The van der Waals surface area contributed by atoms with Gasteiger partial charge in [0.15, 0.2) is 0 Å². The molecule has 1 aliphatic heterocycles. The number of benzene rings is 1. The highest BCUT2D eigenvalue weighted by atomic mass is 16.5. The summed E-state index contributed by atoms with van der Waals surface area (Å²) in [6, 6.07) is 12.5. The standard InChI is InChI=1S/C27H30N6O3/c1-4-31-13-15-32(16-14-31)25-23(27(35)33-12-6-7-19(3)24(33)30-25)17-20(18-28)26(34)29-21-8-10-22(11-9-21)36-5-2/h6-12,17H,4-5,13-16H2,1-3H3,(H,29,34)/b20-17+. The lowest BCUT2D eigenvalue weighted by molar-refractivity contribution is -0.112. The molecule has 0 bridgehead atoms. The van der Waals surface area contributed by atoms with Gasteiger partial charge in [0.2, 0.25) is 0 Å². The van der Waals surface area contributed by atoms with Crippen molar-refractivity contribution < 1.29 is 9.53 Å². The van der Waals surface area contributed by atoms with Crippen LogP contribution in [0.5, 0.6) is 5.75 Å². The number of hydrogen-bond acceptors (Lipinski definition) is 7. The van der Waals surface area contributed by atoms with Crippen LogP contribution in [0.15, 0.2) is 53.0 Å². The van der Waals surface area contributed by atoms with Gasteiger partial charge in [-0.3, -0.25) is 14.0 Å². The van der Waals surface area contributed by atoms with Gasteiger partial charge in [-0.15, -0.1) is 0 Å². The molecule has 1 aromatic carbocycles. The molecule has 0 saturated carbocycles. The quantitative estimate of drug-likeness (QED) is 0.404. The molecule has 3 aromatic rings. The Morgan fingerprint density at radius 1 is 1.17 bits per heavy atom. The summed E-state index contributed by atoms with van der Waals surface area (Å²) in [6.45, 7) is 10.5. The highest BCUT2D eigenvalue weighted by molar-refractivity contribution is 6.10. The van der Waals surface area contributed by atoms with E-state index in [9.17, 15) is 14.9 Å². The Hall–Kier alpha value is -4.16. The van der Waals surface area contributed by atoms with E-state index in [1.807, 2.05) is 26.0 Å². The second-order valence-corrected chi connectivity index (χ2v) is 8.54. The molecule has 4 rings (SSSR count). The van der Waals surface area contributed by atoms with E-state index in [1.54, 1.807) is 36.5 Å². The molecule has 1 aliphatic rings. The molecule has 1 saturated heterocycles. The Labute approximate surface area is 210 Å². The molecular weight excluding hydrogens is 456 g/mol. The van der Waals surface area contributed by atoms with Crippen molar-refractivity contribution in [2.75, 3.05) is 49.5 Å². The molecule has 0 radical (unpaired) electrons. The number of nitrogens with zero attached hydrogens (tertiary/aromatic N) is 5. The third-order valence-corrected chi connectivity index (χ3v) is 6.26. The SMILES string of the molecule is CCOc1ccc(NC(=O)/C(C#N)=C/c2c(N3CCN(CC)CC3)nc3c(C)cccn3c2=O)cc1. The highest BCUT2D eigenvalue weighted by Gasteiger charge is 2.23. The predicted molar refractivity (Wildman–Crippen MR) is 140 cm³/mol. The van der Waals surface area contributed by atoms with Crippen LogP contribution in [0.1, 0.15) is 25.0 Å². The first-order valence-corrected chi connectivity index (χ1v) is 12.1. The number of carbonyl (C=O) groups excluding carboxylic acids is 1. The Morgan fingerprint density at radius 2 is 1.89 bits per heavy atom. The minimum atomic E-state index is -0.600. The number of carbonyl (C=O) groups is 1. The van der Waals surface area contributed by atoms with Crippen molar-refractivity contribution in [3.05, 3.63) is 69.6 Å². The van der Waals surface area contributed by atoms with Crippen LogP contribution < -0.4 is 20.5 Å². The average molecular weight is 487 g/mol. The molecule has 0 spiro atoms. The second-order valence-electron chi connectivity index (χ2n) is 8.54. The number of anilines is 2. The van der Waals surface area contributed by atoms with Gasteiger partial charge in [0.1, 0.15) is 28.9 Å². The molecule has 1 amide bonds. The van der Waals surface area contributed by atoms with Crippen molar-refractivity contribution in [3.8, 4) is 11.8 Å². The Balaban J connectivity index is 1.73. The zero-order valence-electron chi connectivity index (χ0n) is 20.8. The number of aryl methyl sites for hydroxylation is 1. The first-order valence-electron chi connectivity index (χ1n) is 12.1. The van der Waals surface area contributed by atoms with E-state index < -0.39 is 5.91 Å². The fraction of sp³-hybridized carbons (Fsp3) is 0.333. The number of hydrogen-bond donors (Lipinski definition) is 1. The van der Waals surface area contributed by atoms with Crippen molar-refractivity contribution in [1.82, 2.24) is 14.3 Å². The van der Waals surface area contributed by atoms with E-state index in [0.29, 0.717) is 42.6 Å².